The van der Waals surface area contributed by atoms with Crippen LogP contribution in [0, 0.1) is 0 Å². The number of hydrogen-bond acceptors (Lipinski definition) is 4. The number of carbonyl (C=O) groups is 2. The average molecular weight is 494 g/mol. The predicted octanol–water partition coefficient (Wildman–Crippen LogP) is 4.53. The molecule has 8 heteroatoms. The molecule has 0 N–H and O–H groups in total. The van der Waals surface area contributed by atoms with Crippen LogP contribution in [-0.2, 0) is 21.2 Å². The highest BCUT2D eigenvalue weighted by atomic mass is 19.4. The number of rotatable bonds is 5. The molecule has 0 aliphatic carbocycles. The number of imide groups is 1. The van der Waals surface area contributed by atoms with Gasteiger partial charge in [-0.2, -0.15) is 13.2 Å². The molecule has 0 spiro atoms. The van der Waals surface area contributed by atoms with E-state index in [9.17, 15) is 22.8 Å². The summed E-state index contributed by atoms with van der Waals surface area (Å²) < 4.78 is 39.3. The quantitative estimate of drug-likeness (QED) is 0.490. The molecule has 2 aliphatic rings. The van der Waals surface area contributed by atoms with Crippen LogP contribution in [0.5, 0.6) is 0 Å². The Morgan fingerprint density at radius 2 is 1.33 bits per heavy atom. The first kappa shape index (κ1) is 24.1. The number of halogens is 3. The van der Waals surface area contributed by atoms with Crippen molar-refractivity contribution in [2.24, 2.45) is 0 Å². The fourth-order valence-electron chi connectivity index (χ4n) is 5.17. The molecular weight excluding hydrogens is 467 g/mol. The summed E-state index contributed by atoms with van der Waals surface area (Å²) in [5.41, 5.74) is 0.344. The molecule has 2 amide bonds. The Kier molecular flexibility index (Phi) is 6.30. The van der Waals surface area contributed by atoms with Crippen LogP contribution in [0.25, 0.3) is 0 Å². The predicted molar refractivity (Wildman–Crippen MR) is 130 cm³/mol. The summed E-state index contributed by atoms with van der Waals surface area (Å²) in [5.74, 6) is -0.474. The molecular formula is C28H26F3N3O2. The molecule has 0 radical (unpaired) electrons. The highest BCUT2D eigenvalue weighted by Gasteiger charge is 2.54. The number of piperazine rings is 1. The minimum absolute atomic E-state index is 0.0596. The monoisotopic (exact) mass is 493 g/mol. The number of amides is 2. The maximum Gasteiger partial charge on any atom is 0.416 e. The molecule has 186 valence electrons. The van der Waals surface area contributed by atoms with Crippen LogP contribution >= 0.6 is 0 Å². The normalized spacial score (nSPS) is 18.6. The Balaban J connectivity index is 1.32. The van der Waals surface area contributed by atoms with Crippen molar-refractivity contribution in [3.05, 3.63) is 102 Å². The van der Waals surface area contributed by atoms with Gasteiger partial charge < -0.3 is 4.90 Å². The topological polar surface area (TPSA) is 43.9 Å². The highest BCUT2D eigenvalue weighted by molar-refractivity contribution is 6.11. The average Bonchev–Trinajstić information content (AvgIpc) is 3.15. The van der Waals surface area contributed by atoms with Gasteiger partial charge >= 0.3 is 6.18 Å². The molecule has 2 aliphatic heterocycles. The third kappa shape index (κ3) is 4.37. The third-order valence-corrected chi connectivity index (χ3v) is 7.11. The Bertz CT molecular complexity index is 1200. The summed E-state index contributed by atoms with van der Waals surface area (Å²) in [6.07, 6.45) is -4.33. The van der Waals surface area contributed by atoms with Gasteiger partial charge in [0, 0.05) is 38.3 Å². The molecule has 0 aromatic heterocycles. The van der Waals surface area contributed by atoms with E-state index in [0.717, 1.165) is 23.3 Å². The lowest BCUT2D eigenvalue weighted by atomic mass is 9.73. The van der Waals surface area contributed by atoms with Crippen LogP contribution in [0.1, 0.15) is 23.1 Å². The Morgan fingerprint density at radius 1 is 0.750 bits per heavy atom. The fraction of sp³-hybridized carbons (Fsp3) is 0.286. The maximum absolute atomic E-state index is 13.9. The number of anilines is 1. The van der Waals surface area contributed by atoms with Crippen molar-refractivity contribution in [3.63, 3.8) is 0 Å². The standard InChI is InChI=1S/C28H26F3N3O2/c29-28(30,31)23-12-7-13-24(18-23)33-16-14-32(15-17-33)20-34-25(35)19-27(26(34)36,21-8-3-1-4-9-21)22-10-5-2-6-11-22/h1-13,18H,14-17,19-20H2. The van der Waals surface area contributed by atoms with Gasteiger partial charge in [0.15, 0.2) is 0 Å². The number of alkyl halides is 3. The number of likely N-dealkylation sites (tertiary alicyclic amines) is 1. The number of hydrogen-bond donors (Lipinski definition) is 0. The van der Waals surface area contributed by atoms with Crippen LogP contribution < -0.4 is 4.90 Å². The first-order valence-electron chi connectivity index (χ1n) is 11.9. The van der Waals surface area contributed by atoms with E-state index >= 15 is 0 Å². The second kappa shape index (κ2) is 9.43. The van der Waals surface area contributed by atoms with Gasteiger partial charge in [0.2, 0.25) is 11.8 Å². The van der Waals surface area contributed by atoms with Gasteiger partial charge in [0.1, 0.15) is 5.41 Å². The lowest BCUT2D eigenvalue weighted by Crippen LogP contribution is -2.52. The lowest BCUT2D eigenvalue weighted by molar-refractivity contribution is -0.142. The Morgan fingerprint density at radius 3 is 1.89 bits per heavy atom. The summed E-state index contributed by atoms with van der Waals surface area (Å²) in [6, 6.07) is 24.1. The summed E-state index contributed by atoms with van der Waals surface area (Å²) >= 11 is 0. The van der Waals surface area contributed by atoms with E-state index in [1.807, 2.05) is 70.5 Å². The summed E-state index contributed by atoms with van der Waals surface area (Å²) in [6.45, 7) is 2.21. The van der Waals surface area contributed by atoms with E-state index in [1.54, 1.807) is 6.07 Å². The van der Waals surface area contributed by atoms with Crippen LogP contribution in [-0.4, -0.2) is 54.5 Å². The molecule has 0 bridgehead atoms. The molecule has 5 nitrogen and oxygen atoms in total. The summed E-state index contributed by atoms with van der Waals surface area (Å²) in [4.78, 5) is 32.3. The van der Waals surface area contributed by atoms with Gasteiger partial charge in [-0.1, -0.05) is 66.7 Å². The Labute approximate surface area is 207 Å². The third-order valence-electron chi connectivity index (χ3n) is 7.11. The smallest absolute Gasteiger partial charge is 0.369 e. The van der Waals surface area contributed by atoms with E-state index in [0.29, 0.717) is 31.9 Å². The van der Waals surface area contributed by atoms with Crippen LogP contribution in [0.15, 0.2) is 84.9 Å². The molecule has 0 atom stereocenters. The second-order valence-electron chi connectivity index (χ2n) is 9.24. The number of carbonyl (C=O) groups excluding carboxylic acids is 2. The highest BCUT2D eigenvalue weighted by Crippen LogP contribution is 2.42. The largest absolute Gasteiger partial charge is 0.416 e. The van der Waals surface area contributed by atoms with Gasteiger partial charge in [0.05, 0.1) is 12.2 Å². The number of nitrogens with zero attached hydrogens (tertiary/aromatic N) is 3. The van der Waals surface area contributed by atoms with Crippen LogP contribution in [0.2, 0.25) is 0 Å². The fourth-order valence-corrected chi connectivity index (χ4v) is 5.17. The van der Waals surface area contributed by atoms with Crippen molar-refractivity contribution in [2.45, 2.75) is 18.0 Å². The molecule has 0 saturated carbocycles. The van der Waals surface area contributed by atoms with Crippen molar-refractivity contribution >= 4 is 17.5 Å². The van der Waals surface area contributed by atoms with Gasteiger partial charge in [0.25, 0.3) is 0 Å². The zero-order valence-electron chi connectivity index (χ0n) is 19.6. The van der Waals surface area contributed by atoms with Gasteiger partial charge in [-0.25, -0.2) is 0 Å². The van der Waals surface area contributed by atoms with Gasteiger partial charge in [-0.05, 0) is 29.3 Å². The minimum Gasteiger partial charge on any atom is -0.369 e. The number of benzene rings is 3. The molecule has 2 heterocycles. The van der Waals surface area contributed by atoms with E-state index in [-0.39, 0.29) is 24.9 Å². The molecule has 5 rings (SSSR count). The zero-order chi connectivity index (χ0) is 25.3. The van der Waals surface area contributed by atoms with E-state index in [4.69, 9.17) is 0 Å². The molecule has 3 aromatic carbocycles. The van der Waals surface area contributed by atoms with E-state index in [1.165, 1.54) is 11.0 Å². The van der Waals surface area contributed by atoms with E-state index in [2.05, 4.69) is 0 Å². The molecule has 3 aromatic rings. The van der Waals surface area contributed by atoms with Crippen molar-refractivity contribution < 1.29 is 22.8 Å². The molecule has 0 unspecified atom stereocenters. The first-order chi connectivity index (χ1) is 17.3. The molecule has 2 saturated heterocycles. The summed E-state index contributed by atoms with van der Waals surface area (Å²) in [7, 11) is 0. The minimum atomic E-state index is -4.39. The van der Waals surface area contributed by atoms with Gasteiger partial charge in [-0.15, -0.1) is 0 Å². The Hall–Kier alpha value is -3.65. The molecule has 36 heavy (non-hydrogen) atoms. The second-order valence-corrected chi connectivity index (χ2v) is 9.24. The lowest BCUT2D eigenvalue weighted by Gasteiger charge is -2.38. The first-order valence-corrected chi connectivity index (χ1v) is 11.9. The molecule has 2 fully saturated rings. The SMILES string of the molecule is O=C1CC(c2ccccc2)(c2ccccc2)C(=O)N1CN1CCN(c2cccc(C(F)(F)F)c2)CC1. The van der Waals surface area contributed by atoms with Gasteiger partial charge in [-0.3, -0.25) is 19.4 Å². The maximum atomic E-state index is 13.9. The van der Waals surface area contributed by atoms with Crippen LogP contribution in [0.3, 0.4) is 0 Å². The van der Waals surface area contributed by atoms with Crippen molar-refractivity contribution in [2.75, 3.05) is 37.7 Å². The van der Waals surface area contributed by atoms with E-state index < -0.39 is 17.2 Å². The van der Waals surface area contributed by atoms with Crippen molar-refractivity contribution in [3.8, 4) is 0 Å². The van der Waals surface area contributed by atoms with Crippen molar-refractivity contribution in [1.29, 1.82) is 0 Å². The summed E-state index contributed by atoms with van der Waals surface area (Å²) in [5, 5.41) is 0. The zero-order valence-corrected chi connectivity index (χ0v) is 19.6. The van der Waals surface area contributed by atoms with Crippen LogP contribution in [0.4, 0.5) is 18.9 Å². The van der Waals surface area contributed by atoms with Crippen molar-refractivity contribution in [1.82, 2.24) is 9.80 Å².